The average Bonchev–Trinajstić information content (AvgIpc) is 2.84. The Bertz CT molecular complexity index is 477. The molecule has 1 aromatic carbocycles. The van der Waals surface area contributed by atoms with Gasteiger partial charge in [-0.1, -0.05) is 30.3 Å². The molecule has 108 valence electrons. The molecule has 2 N–H and O–H groups in total. The summed E-state index contributed by atoms with van der Waals surface area (Å²) in [6, 6.07) is 9.79. The van der Waals surface area contributed by atoms with Crippen molar-refractivity contribution in [1.82, 2.24) is 4.90 Å². The van der Waals surface area contributed by atoms with Crippen LogP contribution in [0.5, 0.6) is 0 Å². The Morgan fingerprint density at radius 2 is 2.15 bits per heavy atom. The summed E-state index contributed by atoms with van der Waals surface area (Å²) in [7, 11) is 0. The second-order valence-electron chi connectivity index (χ2n) is 6.02. The standard InChI is InChI=1S/C16H22N2O2/c17-12-16-8-6-13(10-16)7-9-18(16)15(19)20-11-14-4-2-1-3-5-14/h1-5,13H,6-12,17H2. The summed E-state index contributed by atoms with van der Waals surface area (Å²) in [5.74, 6) is 0.747. The topological polar surface area (TPSA) is 55.6 Å². The fourth-order valence-corrected chi connectivity index (χ4v) is 3.63. The largest absolute Gasteiger partial charge is 0.445 e. The number of fused-ring (bicyclic) bond motifs is 2. The van der Waals surface area contributed by atoms with Gasteiger partial charge in [-0.3, -0.25) is 0 Å². The molecule has 1 heterocycles. The second-order valence-corrected chi connectivity index (χ2v) is 6.02. The van der Waals surface area contributed by atoms with E-state index in [1.807, 2.05) is 35.2 Å². The summed E-state index contributed by atoms with van der Waals surface area (Å²) in [5, 5.41) is 0. The van der Waals surface area contributed by atoms with Crippen LogP contribution in [0, 0.1) is 5.92 Å². The summed E-state index contributed by atoms with van der Waals surface area (Å²) >= 11 is 0. The lowest BCUT2D eigenvalue weighted by Crippen LogP contribution is -2.57. The molecule has 2 fully saturated rings. The average molecular weight is 274 g/mol. The molecule has 20 heavy (non-hydrogen) atoms. The van der Waals surface area contributed by atoms with Crippen LogP contribution in [-0.4, -0.2) is 29.6 Å². The number of carbonyl (C=O) groups excluding carboxylic acids is 1. The van der Waals surface area contributed by atoms with Crippen LogP contribution >= 0.6 is 0 Å². The van der Waals surface area contributed by atoms with Crippen molar-refractivity contribution in [3.63, 3.8) is 0 Å². The quantitative estimate of drug-likeness (QED) is 0.921. The van der Waals surface area contributed by atoms with Gasteiger partial charge >= 0.3 is 6.09 Å². The Hall–Kier alpha value is -1.55. The molecule has 0 spiro atoms. The fraction of sp³-hybridized carbons (Fsp3) is 0.562. The second kappa shape index (κ2) is 5.44. The molecular weight excluding hydrogens is 252 g/mol. The van der Waals surface area contributed by atoms with Crippen LogP contribution in [0.25, 0.3) is 0 Å². The molecule has 1 aromatic rings. The first kappa shape index (κ1) is 13.4. The highest BCUT2D eigenvalue weighted by atomic mass is 16.6. The molecule has 0 aromatic heterocycles. The molecule has 4 heteroatoms. The van der Waals surface area contributed by atoms with Crippen molar-refractivity contribution in [3.05, 3.63) is 35.9 Å². The Morgan fingerprint density at radius 1 is 1.35 bits per heavy atom. The molecule has 3 rings (SSSR count). The monoisotopic (exact) mass is 274 g/mol. The van der Waals surface area contributed by atoms with Gasteiger partial charge in [-0.15, -0.1) is 0 Å². The smallest absolute Gasteiger partial charge is 0.410 e. The van der Waals surface area contributed by atoms with Gasteiger partial charge in [0.15, 0.2) is 0 Å². The highest BCUT2D eigenvalue weighted by molar-refractivity contribution is 5.69. The highest BCUT2D eigenvalue weighted by Crippen LogP contribution is 2.44. The summed E-state index contributed by atoms with van der Waals surface area (Å²) in [6.45, 7) is 1.67. The molecular formula is C16H22N2O2. The number of ether oxygens (including phenoxy) is 1. The predicted octanol–water partition coefficient (Wildman–Crippen LogP) is 2.53. The van der Waals surface area contributed by atoms with Crippen molar-refractivity contribution in [2.24, 2.45) is 11.7 Å². The first-order valence-electron chi connectivity index (χ1n) is 7.42. The molecule has 0 radical (unpaired) electrons. The Morgan fingerprint density at radius 3 is 2.90 bits per heavy atom. The lowest BCUT2D eigenvalue weighted by atomic mass is 9.89. The third-order valence-electron chi connectivity index (χ3n) is 4.83. The van der Waals surface area contributed by atoms with E-state index in [4.69, 9.17) is 10.5 Å². The van der Waals surface area contributed by atoms with Gasteiger partial charge in [0.25, 0.3) is 0 Å². The lowest BCUT2D eigenvalue weighted by molar-refractivity contribution is 0.0338. The number of piperidine rings is 1. The van der Waals surface area contributed by atoms with Crippen LogP contribution in [0.3, 0.4) is 0 Å². The number of hydrogen-bond donors (Lipinski definition) is 1. The molecule has 1 amide bonds. The first-order valence-corrected chi connectivity index (χ1v) is 7.42. The van der Waals surface area contributed by atoms with E-state index in [1.165, 1.54) is 6.42 Å². The molecule has 1 aliphatic carbocycles. The minimum atomic E-state index is -0.209. The third kappa shape index (κ3) is 2.40. The number of nitrogens with zero attached hydrogens (tertiary/aromatic N) is 1. The fourth-order valence-electron chi connectivity index (χ4n) is 3.63. The summed E-state index contributed by atoms with van der Waals surface area (Å²) < 4.78 is 5.48. The van der Waals surface area contributed by atoms with E-state index in [0.717, 1.165) is 37.3 Å². The molecule has 2 unspecified atom stereocenters. The van der Waals surface area contributed by atoms with E-state index in [-0.39, 0.29) is 11.6 Å². The van der Waals surface area contributed by atoms with Gasteiger partial charge in [0, 0.05) is 13.1 Å². The Kier molecular flexibility index (Phi) is 3.66. The zero-order valence-electron chi connectivity index (χ0n) is 11.8. The van der Waals surface area contributed by atoms with Crippen molar-refractivity contribution >= 4 is 6.09 Å². The van der Waals surface area contributed by atoms with Crippen LogP contribution < -0.4 is 5.73 Å². The number of amides is 1. The van der Waals surface area contributed by atoms with E-state index >= 15 is 0 Å². The number of hydrogen-bond acceptors (Lipinski definition) is 3. The van der Waals surface area contributed by atoms with Gasteiger partial charge in [0.2, 0.25) is 0 Å². The van der Waals surface area contributed by atoms with E-state index < -0.39 is 0 Å². The molecule has 1 saturated carbocycles. The SMILES string of the molecule is NCC12CCC(CCN1C(=O)OCc1ccccc1)C2. The van der Waals surface area contributed by atoms with Gasteiger partial charge in [0.1, 0.15) is 6.61 Å². The van der Waals surface area contributed by atoms with Crippen molar-refractivity contribution in [2.45, 2.75) is 37.8 Å². The number of benzene rings is 1. The van der Waals surface area contributed by atoms with Gasteiger partial charge in [0.05, 0.1) is 5.54 Å². The Balaban J connectivity index is 1.64. The number of rotatable bonds is 3. The maximum Gasteiger partial charge on any atom is 0.410 e. The zero-order chi connectivity index (χ0) is 14.0. The lowest BCUT2D eigenvalue weighted by Gasteiger charge is -2.43. The maximum absolute atomic E-state index is 12.4. The minimum absolute atomic E-state index is 0.142. The van der Waals surface area contributed by atoms with Gasteiger partial charge < -0.3 is 15.4 Å². The van der Waals surface area contributed by atoms with Crippen LogP contribution in [0.4, 0.5) is 4.79 Å². The minimum Gasteiger partial charge on any atom is -0.445 e. The number of carbonyl (C=O) groups is 1. The molecule has 4 nitrogen and oxygen atoms in total. The van der Waals surface area contributed by atoms with Crippen LogP contribution in [0.2, 0.25) is 0 Å². The van der Waals surface area contributed by atoms with Crippen molar-refractivity contribution in [2.75, 3.05) is 13.1 Å². The predicted molar refractivity (Wildman–Crippen MR) is 77.1 cm³/mol. The summed E-state index contributed by atoms with van der Waals surface area (Å²) in [4.78, 5) is 14.3. The molecule has 2 bridgehead atoms. The molecule has 1 saturated heterocycles. The van der Waals surface area contributed by atoms with Crippen molar-refractivity contribution in [3.8, 4) is 0 Å². The highest BCUT2D eigenvalue weighted by Gasteiger charge is 2.48. The summed E-state index contributed by atoms with van der Waals surface area (Å²) in [6.07, 6.45) is 4.14. The van der Waals surface area contributed by atoms with Gasteiger partial charge in [-0.25, -0.2) is 4.79 Å². The third-order valence-corrected chi connectivity index (χ3v) is 4.83. The van der Waals surface area contributed by atoms with E-state index in [9.17, 15) is 4.79 Å². The summed E-state index contributed by atoms with van der Waals surface area (Å²) in [5.41, 5.74) is 6.84. The van der Waals surface area contributed by atoms with E-state index in [1.54, 1.807) is 0 Å². The number of nitrogens with two attached hydrogens (primary N) is 1. The molecule has 1 aliphatic heterocycles. The zero-order valence-corrected chi connectivity index (χ0v) is 11.8. The van der Waals surface area contributed by atoms with Crippen LogP contribution in [0.1, 0.15) is 31.2 Å². The molecule has 2 atom stereocenters. The first-order chi connectivity index (χ1) is 9.73. The van der Waals surface area contributed by atoms with Crippen molar-refractivity contribution < 1.29 is 9.53 Å². The van der Waals surface area contributed by atoms with E-state index in [2.05, 4.69) is 0 Å². The van der Waals surface area contributed by atoms with Gasteiger partial charge in [-0.2, -0.15) is 0 Å². The molecule has 2 aliphatic rings. The van der Waals surface area contributed by atoms with Crippen LogP contribution in [-0.2, 0) is 11.3 Å². The maximum atomic E-state index is 12.4. The van der Waals surface area contributed by atoms with Crippen LogP contribution in [0.15, 0.2) is 30.3 Å². The number of likely N-dealkylation sites (tertiary alicyclic amines) is 1. The normalized spacial score (nSPS) is 28.4. The van der Waals surface area contributed by atoms with Gasteiger partial charge in [-0.05, 0) is 37.2 Å². The van der Waals surface area contributed by atoms with Crippen molar-refractivity contribution in [1.29, 1.82) is 0 Å². The Labute approximate surface area is 119 Å². The van der Waals surface area contributed by atoms with E-state index in [0.29, 0.717) is 13.2 Å².